The Labute approximate surface area is 187 Å². The van der Waals surface area contributed by atoms with Gasteiger partial charge >= 0.3 is 5.97 Å². The van der Waals surface area contributed by atoms with Crippen molar-refractivity contribution in [2.45, 2.75) is 13.5 Å². The number of carbonyl (C=O) groups is 2. The first-order valence-corrected chi connectivity index (χ1v) is 10.8. The molecule has 0 atom stereocenters. The maximum absolute atomic E-state index is 12.5. The summed E-state index contributed by atoms with van der Waals surface area (Å²) < 4.78 is 18.9. The van der Waals surface area contributed by atoms with Gasteiger partial charge in [-0.15, -0.1) is 0 Å². The van der Waals surface area contributed by atoms with E-state index in [0.29, 0.717) is 45.6 Å². The molecule has 31 heavy (non-hydrogen) atoms. The molecule has 0 spiro atoms. The first-order valence-electron chi connectivity index (χ1n) is 9.65. The molecule has 2 heterocycles. The Morgan fingerprint density at radius 2 is 1.97 bits per heavy atom. The zero-order valence-corrected chi connectivity index (χ0v) is 18.2. The van der Waals surface area contributed by atoms with Gasteiger partial charge in [-0.2, -0.15) is 4.99 Å². The Bertz CT molecular complexity index is 1240. The molecule has 0 fully saturated rings. The zero-order chi connectivity index (χ0) is 21.8. The third kappa shape index (κ3) is 4.81. The number of thiazole rings is 1. The van der Waals surface area contributed by atoms with Gasteiger partial charge in [-0.25, -0.2) is 0 Å². The molecule has 160 valence electrons. The highest BCUT2D eigenvalue weighted by Crippen LogP contribution is 2.35. The van der Waals surface area contributed by atoms with Crippen LogP contribution in [-0.2, 0) is 20.9 Å². The van der Waals surface area contributed by atoms with E-state index in [-0.39, 0.29) is 13.2 Å². The molecular formula is C22H19ClN2O5S. The number of nitrogens with zero attached hydrogens (tertiary/aromatic N) is 2. The Hall–Kier alpha value is -3.10. The summed E-state index contributed by atoms with van der Waals surface area (Å²) in [5.41, 5.74) is 1.43. The summed E-state index contributed by atoms with van der Waals surface area (Å²) in [6.07, 6.45) is 2.95. The maximum atomic E-state index is 12.5. The van der Waals surface area contributed by atoms with Crippen LogP contribution < -0.4 is 14.3 Å². The number of ether oxygens (including phenoxy) is 3. The van der Waals surface area contributed by atoms with Crippen LogP contribution in [0.15, 0.2) is 47.5 Å². The topological polar surface area (TPSA) is 79.1 Å². The first kappa shape index (κ1) is 21.1. The molecular weight excluding hydrogens is 440 g/mol. The van der Waals surface area contributed by atoms with E-state index in [0.717, 1.165) is 4.70 Å². The Morgan fingerprint density at radius 1 is 1.23 bits per heavy atom. The van der Waals surface area contributed by atoms with E-state index >= 15 is 0 Å². The third-order valence-electron chi connectivity index (χ3n) is 4.46. The van der Waals surface area contributed by atoms with Crippen LogP contribution in [0.5, 0.6) is 11.5 Å². The van der Waals surface area contributed by atoms with Crippen molar-refractivity contribution in [1.82, 2.24) is 4.57 Å². The van der Waals surface area contributed by atoms with E-state index in [4.69, 9.17) is 25.8 Å². The summed E-state index contributed by atoms with van der Waals surface area (Å²) in [5.74, 6) is 0.323. The van der Waals surface area contributed by atoms with Crippen LogP contribution in [0.4, 0.5) is 0 Å². The van der Waals surface area contributed by atoms with Gasteiger partial charge in [0, 0.05) is 23.2 Å². The second kappa shape index (κ2) is 9.36. The van der Waals surface area contributed by atoms with Gasteiger partial charge in [-0.05, 0) is 24.6 Å². The number of hydrogen-bond donors (Lipinski definition) is 0. The summed E-state index contributed by atoms with van der Waals surface area (Å²) in [7, 11) is 0. The Morgan fingerprint density at radius 3 is 2.71 bits per heavy atom. The largest absolute Gasteiger partial charge is 0.486 e. The summed E-state index contributed by atoms with van der Waals surface area (Å²) in [4.78, 5) is 29.3. The van der Waals surface area contributed by atoms with Gasteiger partial charge in [0.25, 0.3) is 5.91 Å². The normalized spacial score (nSPS) is 13.7. The molecule has 9 heteroatoms. The van der Waals surface area contributed by atoms with E-state index in [1.54, 1.807) is 35.8 Å². The molecule has 0 saturated heterocycles. The highest BCUT2D eigenvalue weighted by atomic mass is 35.5. The molecule has 7 nitrogen and oxygen atoms in total. The monoisotopic (exact) mass is 458 g/mol. The number of fused-ring (bicyclic) bond motifs is 2. The molecule has 1 amide bonds. The van der Waals surface area contributed by atoms with E-state index < -0.39 is 11.9 Å². The molecule has 0 radical (unpaired) electrons. The smallest absolute Gasteiger partial charge is 0.326 e. The number of halogens is 1. The SMILES string of the molecule is CCOC(=O)Cn1c(=NC(=O)/C=C/c2ccccc2Cl)sc2cc3c(cc21)OCCO3. The third-order valence-corrected chi connectivity index (χ3v) is 5.84. The van der Waals surface area contributed by atoms with Crippen LogP contribution >= 0.6 is 22.9 Å². The molecule has 4 rings (SSSR count). The van der Waals surface area contributed by atoms with Crippen molar-refractivity contribution >= 4 is 51.1 Å². The number of benzene rings is 2. The lowest BCUT2D eigenvalue weighted by Crippen LogP contribution is -2.23. The van der Waals surface area contributed by atoms with Crippen molar-refractivity contribution in [3.63, 3.8) is 0 Å². The van der Waals surface area contributed by atoms with Crippen LogP contribution in [-0.4, -0.2) is 36.3 Å². The van der Waals surface area contributed by atoms with Gasteiger partial charge in [-0.1, -0.05) is 41.1 Å². The lowest BCUT2D eigenvalue weighted by atomic mass is 10.2. The number of hydrogen-bond acceptors (Lipinski definition) is 6. The highest BCUT2D eigenvalue weighted by molar-refractivity contribution is 7.16. The number of carbonyl (C=O) groups excluding carboxylic acids is 2. The summed E-state index contributed by atoms with van der Waals surface area (Å²) in [5, 5.41) is 0.538. The van der Waals surface area contributed by atoms with E-state index in [2.05, 4.69) is 4.99 Å². The van der Waals surface area contributed by atoms with Gasteiger partial charge in [0.15, 0.2) is 16.3 Å². The van der Waals surface area contributed by atoms with Crippen LogP contribution in [0.1, 0.15) is 12.5 Å². The fourth-order valence-electron chi connectivity index (χ4n) is 3.08. The molecule has 0 aliphatic carbocycles. The molecule has 1 aliphatic heterocycles. The standard InChI is InChI=1S/C22H19ClN2O5S/c1-2-28-21(27)13-25-16-11-17-18(30-10-9-29-17)12-19(16)31-22(25)24-20(26)8-7-14-5-3-4-6-15(14)23/h3-8,11-12H,2,9-10,13H2,1H3/b8-7+,24-22?. The Kier molecular flexibility index (Phi) is 6.39. The predicted molar refractivity (Wildman–Crippen MR) is 118 cm³/mol. The van der Waals surface area contributed by atoms with E-state index in [1.165, 1.54) is 17.4 Å². The van der Waals surface area contributed by atoms with Crippen molar-refractivity contribution in [3.8, 4) is 11.5 Å². The number of esters is 1. The predicted octanol–water partition coefficient (Wildman–Crippen LogP) is 3.83. The summed E-state index contributed by atoms with van der Waals surface area (Å²) >= 11 is 7.41. The maximum Gasteiger partial charge on any atom is 0.326 e. The van der Waals surface area contributed by atoms with Crippen LogP contribution in [0, 0.1) is 0 Å². The minimum atomic E-state index is -0.471. The van der Waals surface area contributed by atoms with Crippen molar-refractivity contribution < 1.29 is 23.8 Å². The first-order chi connectivity index (χ1) is 15.0. The average molecular weight is 459 g/mol. The molecule has 2 aromatic carbocycles. The molecule has 1 aromatic heterocycles. The van der Waals surface area contributed by atoms with E-state index in [9.17, 15) is 9.59 Å². The molecule has 0 saturated carbocycles. The zero-order valence-electron chi connectivity index (χ0n) is 16.7. The van der Waals surface area contributed by atoms with Crippen molar-refractivity contribution in [1.29, 1.82) is 0 Å². The fourth-order valence-corrected chi connectivity index (χ4v) is 4.33. The second-order valence-corrected chi connectivity index (χ2v) is 7.96. The fraction of sp³-hybridized carbons (Fsp3) is 0.227. The van der Waals surface area contributed by atoms with Crippen molar-refractivity contribution in [2.75, 3.05) is 19.8 Å². The highest BCUT2D eigenvalue weighted by Gasteiger charge is 2.18. The van der Waals surface area contributed by atoms with Crippen molar-refractivity contribution in [2.24, 2.45) is 4.99 Å². The van der Waals surface area contributed by atoms with Crippen LogP contribution in [0.2, 0.25) is 5.02 Å². The lowest BCUT2D eigenvalue weighted by Gasteiger charge is -2.18. The Balaban J connectivity index is 1.75. The minimum Gasteiger partial charge on any atom is -0.486 e. The van der Waals surface area contributed by atoms with Gasteiger partial charge in [0.1, 0.15) is 19.8 Å². The molecule has 1 aliphatic rings. The van der Waals surface area contributed by atoms with Crippen molar-refractivity contribution in [3.05, 3.63) is 57.9 Å². The number of aromatic nitrogens is 1. The molecule has 0 bridgehead atoms. The van der Waals surface area contributed by atoms with Gasteiger partial charge in [0.05, 0.1) is 16.8 Å². The van der Waals surface area contributed by atoms with Gasteiger partial charge < -0.3 is 18.8 Å². The second-order valence-electron chi connectivity index (χ2n) is 6.54. The van der Waals surface area contributed by atoms with Gasteiger partial charge in [-0.3, -0.25) is 9.59 Å². The van der Waals surface area contributed by atoms with E-state index in [1.807, 2.05) is 18.2 Å². The minimum absolute atomic E-state index is 0.0756. The molecule has 0 unspecified atom stereocenters. The molecule has 0 N–H and O–H groups in total. The van der Waals surface area contributed by atoms with Crippen LogP contribution in [0.3, 0.4) is 0 Å². The lowest BCUT2D eigenvalue weighted by molar-refractivity contribution is -0.143. The molecule has 3 aromatic rings. The summed E-state index contributed by atoms with van der Waals surface area (Å²) in [6, 6.07) is 10.8. The number of amides is 1. The van der Waals surface area contributed by atoms with Crippen LogP contribution in [0.25, 0.3) is 16.3 Å². The van der Waals surface area contributed by atoms with Gasteiger partial charge in [0.2, 0.25) is 0 Å². The number of rotatable bonds is 5. The quantitative estimate of drug-likeness (QED) is 0.429. The average Bonchev–Trinajstić information content (AvgIpc) is 3.07. The summed E-state index contributed by atoms with van der Waals surface area (Å²) in [6.45, 7) is 2.84.